The third-order valence-electron chi connectivity index (χ3n) is 4.69. The highest BCUT2D eigenvalue weighted by molar-refractivity contribution is 5.81. The summed E-state index contributed by atoms with van der Waals surface area (Å²) in [6.45, 7) is 3.99. The highest BCUT2D eigenvalue weighted by atomic mass is 16.6. The number of hydrogen-bond donors (Lipinski definition) is 1. The molecular formula is C20H26N2O9. The molecule has 31 heavy (non-hydrogen) atoms. The van der Waals surface area contributed by atoms with Crippen molar-refractivity contribution in [2.24, 2.45) is 0 Å². The van der Waals surface area contributed by atoms with Crippen LogP contribution in [0.2, 0.25) is 0 Å². The molecular weight excluding hydrogens is 412 g/mol. The topological polar surface area (TPSA) is 151 Å². The summed E-state index contributed by atoms with van der Waals surface area (Å²) in [5, 5.41) is 0. The zero-order chi connectivity index (χ0) is 23.1. The zero-order valence-corrected chi connectivity index (χ0v) is 17.7. The molecule has 0 amide bonds. The Morgan fingerprint density at radius 2 is 1.68 bits per heavy atom. The zero-order valence-electron chi connectivity index (χ0n) is 17.7. The summed E-state index contributed by atoms with van der Waals surface area (Å²) < 4.78 is 17.5. The minimum atomic E-state index is -0.869. The molecule has 3 atom stereocenters. The number of rotatable bonds is 10. The van der Waals surface area contributed by atoms with Crippen molar-refractivity contribution in [3.63, 3.8) is 0 Å². The summed E-state index contributed by atoms with van der Waals surface area (Å²) >= 11 is 0. The SMILES string of the molecule is CC(=O)CCC(=O)OC[C@H]1O[C@@H](n2cc(C)c(=O)[nH]c2=O)C[C@@H]1OC(=O)CCC(C)=O. The number of carbonyl (C=O) groups is 4. The quantitative estimate of drug-likeness (QED) is 0.509. The molecule has 2 heterocycles. The van der Waals surface area contributed by atoms with E-state index >= 15 is 0 Å². The van der Waals surface area contributed by atoms with Crippen LogP contribution in [0.5, 0.6) is 0 Å². The molecule has 0 unspecified atom stereocenters. The number of ketones is 2. The van der Waals surface area contributed by atoms with Gasteiger partial charge in [0.2, 0.25) is 0 Å². The number of nitrogens with zero attached hydrogens (tertiary/aromatic N) is 1. The molecule has 1 aliphatic heterocycles. The number of nitrogens with one attached hydrogen (secondary N) is 1. The summed E-state index contributed by atoms with van der Waals surface area (Å²) in [5.41, 5.74) is -0.930. The van der Waals surface area contributed by atoms with E-state index in [0.717, 1.165) is 0 Å². The lowest BCUT2D eigenvalue weighted by Crippen LogP contribution is -2.33. The van der Waals surface area contributed by atoms with E-state index in [9.17, 15) is 28.8 Å². The van der Waals surface area contributed by atoms with Crippen LogP contribution in [0, 0.1) is 6.92 Å². The van der Waals surface area contributed by atoms with E-state index in [2.05, 4.69) is 4.98 Å². The second-order valence-electron chi connectivity index (χ2n) is 7.46. The monoisotopic (exact) mass is 438 g/mol. The van der Waals surface area contributed by atoms with Gasteiger partial charge in [-0.1, -0.05) is 0 Å². The average molecular weight is 438 g/mol. The lowest BCUT2D eigenvalue weighted by atomic mass is 10.1. The van der Waals surface area contributed by atoms with E-state index in [4.69, 9.17) is 14.2 Å². The number of H-pyrrole nitrogens is 1. The van der Waals surface area contributed by atoms with E-state index in [1.165, 1.54) is 31.5 Å². The maximum Gasteiger partial charge on any atom is 0.330 e. The van der Waals surface area contributed by atoms with Gasteiger partial charge >= 0.3 is 17.6 Å². The molecule has 1 N–H and O–H groups in total. The van der Waals surface area contributed by atoms with Gasteiger partial charge in [0.25, 0.3) is 5.56 Å². The molecule has 1 fully saturated rings. The van der Waals surface area contributed by atoms with Gasteiger partial charge in [0.1, 0.15) is 36.6 Å². The van der Waals surface area contributed by atoms with Gasteiger partial charge in [-0.3, -0.25) is 23.9 Å². The van der Waals surface area contributed by atoms with Crippen molar-refractivity contribution in [1.29, 1.82) is 0 Å². The Balaban J connectivity index is 2.11. The van der Waals surface area contributed by atoms with Crippen molar-refractivity contribution >= 4 is 23.5 Å². The van der Waals surface area contributed by atoms with E-state index in [0.29, 0.717) is 0 Å². The Labute approximate surface area is 177 Å². The van der Waals surface area contributed by atoms with E-state index in [1.807, 2.05) is 0 Å². The van der Waals surface area contributed by atoms with Gasteiger partial charge in [0.05, 0.1) is 12.8 Å². The highest BCUT2D eigenvalue weighted by Gasteiger charge is 2.40. The maximum atomic E-state index is 12.2. The molecule has 1 aromatic rings. The number of esters is 2. The molecule has 1 aliphatic rings. The summed E-state index contributed by atoms with van der Waals surface area (Å²) in [7, 11) is 0. The van der Waals surface area contributed by atoms with E-state index in [-0.39, 0.29) is 55.8 Å². The van der Waals surface area contributed by atoms with Crippen molar-refractivity contribution < 1.29 is 33.4 Å². The van der Waals surface area contributed by atoms with Gasteiger partial charge in [0, 0.05) is 31.0 Å². The number of Topliss-reactive ketones (excluding diaryl/α,β-unsaturated/α-hetero) is 2. The second-order valence-corrected chi connectivity index (χ2v) is 7.46. The summed E-state index contributed by atoms with van der Waals surface area (Å²) in [4.78, 5) is 72.0. The molecule has 0 aliphatic carbocycles. The number of ether oxygens (including phenoxy) is 3. The van der Waals surface area contributed by atoms with Gasteiger partial charge < -0.3 is 23.8 Å². The third kappa shape index (κ3) is 7.28. The Morgan fingerprint density at radius 1 is 1.06 bits per heavy atom. The first-order chi connectivity index (χ1) is 14.6. The molecule has 0 bridgehead atoms. The summed E-state index contributed by atoms with van der Waals surface area (Å²) in [6.07, 6.45) is -1.30. The Hall–Kier alpha value is -3.08. The van der Waals surface area contributed by atoms with Crippen molar-refractivity contribution in [2.45, 2.75) is 71.3 Å². The lowest BCUT2D eigenvalue weighted by molar-refractivity contribution is -0.159. The number of aromatic nitrogens is 2. The van der Waals surface area contributed by atoms with Gasteiger partial charge in [-0.15, -0.1) is 0 Å². The Kier molecular flexibility index (Phi) is 8.43. The van der Waals surface area contributed by atoms with Gasteiger partial charge in [-0.2, -0.15) is 0 Å². The lowest BCUT2D eigenvalue weighted by Gasteiger charge is -2.19. The molecule has 1 saturated heterocycles. The van der Waals surface area contributed by atoms with E-state index in [1.54, 1.807) is 0 Å². The van der Waals surface area contributed by atoms with Crippen LogP contribution in [0.15, 0.2) is 15.8 Å². The largest absolute Gasteiger partial charge is 0.463 e. The van der Waals surface area contributed by atoms with Crippen molar-refractivity contribution in [3.05, 3.63) is 32.6 Å². The predicted molar refractivity (Wildman–Crippen MR) is 105 cm³/mol. The van der Waals surface area contributed by atoms with Crippen LogP contribution in [0.25, 0.3) is 0 Å². The fourth-order valence-corrected chi connectivity index (χ4v) is 2.98. The molecule has 2 rings (SSSR count). The van der Waals surface area contributed by atoms with Crippen LogP contribution in [0.4, 0.5) is 0 Å². The van der Waals surface area contributed by atoms with Gasteiger partial charge in [-0.05, 0) is 20.8 Å². The molecule has 0 saturated carbocycles. The minimum absolute atomic E-state index is 0.0269. The first-order valence-corrected chi connectivity index (χ1v) is 9.88. The van der Waals surface area contributed by atoms with E-state index < -0.39 is 41.6 Å². The molecule has 0 radical (unpaired) electrons. The molecule has 0 aromatic carbocycles. The van der Waals surface area contributed by atoms with Gasteiger partial charge in [0.15, 0.2) is 0 Å². The molecule has 170 valence electrons. The van der Waals surface area contributed by atoms with Crippen LogP contribution in [0.3, 0.4) is 0 Å². The first kappa shape index (κ1) is 24.2. The second kappa shape index (κ2) is 10.8. The molecule has 11 nitrogen and oxygen atoms in total. The summed E-state index contributed by atoms with van der Waals surface area (Å²) in [5.74, 6) is -1.55. The maximum absolute atomic E-state index is 12.2. The van der Waals surface area contributed by atoms with Crippen LogP contribution in [0.1, 0.15) is 57.7 Å². The van der Waals surface area contributed by atoms with Gasteiger partial charge in [-0.25, -0.2) is 4.79 Å². The smallest absolute Gasteiger partial charge is 0.330 e. The van der Waals surface area contributed by atoms with Crippen molar-refractivity contribution in [2.75, 3.05) is 6.61 Å². The number of aromatic amines is 1. The van der Waals surface area contributed by atoms with Crippen LogP contribution < -0.4 is 11.2 Å². The number of aryl methyl sites for hydroxylation is 1. The van der Waals surface area contributed by atoms with Crippen LogP contribution in [-0.2, 0) is 33.4 Å². The standard InChI is InChI=1S/C20H26N2O9/c1-11-9-22(20(28)21-19(11)27)16-8-14(31-18(26)7-5-13(3)24)15(30-16)10-29-17(25)6-4-12(2)23/h9,14-16H,4-8,10H2,1-3H3,(H,21,27,28)/t14-,15+,16+/m0/s1. The van der Waals surface area contributed by atoms with Crippen LogP contribution in [-0.4, -0.2) is 51.9 Å². The number of carbonyl (C=O) groups excluding carboxylic acids is 4. The van der Waals surface area contributed by atoms with Crippen LogP contribution >= 0.6 is 0 Å². The van der Waals surface area contributed by atoms with Crippen molar-refractivity contribution in [3.8, 4) is 0 Å². The molecule has 11 heteroatoms. The van der Waals surface area contributed by atoms with Crippen molar-refractivity contribution in [1.82, 2.24) is 9.55 Å². The fraction of sp³-hybridized carbons (Fsp3) is 0.600. The summed E-state index contributed by atoms with van der Waals surface area (Å²) in [6, 6.07) is 0. The fourth-order valence-electron chi connectivity index (χ4n) is 2.98. The minimum Gasteiger partial charge on any atom is -0.463 e. The first-order valence-electron chi connectivity index (χ1n) is 9.88. The Morgan fingerprint density at radius 3 is 2.29 bits per heavy atom. The predicted octanol–water partition coefficient (Wildman–Crippen LogP) is 0.326. The highest BCUT2D eigenvalue weighted by Crippen LogP contribution is 2.30. The average Bonchev–Trinajstić information content (AvgIpc) is 3.08. The number of hydrogen-bond acceptors (Lipinski definition) is 9. The molecule has 0 spiro atoms. The third-order valence-corrected chi connectivity index (χ3v) is 4.69. The Bertz CT molecular complexity index is 962. The molecule has 1 aromatic heterocycles. The normalized spacial score (nSPS) is 20.3.